The molecule has 0 aromatic carbocycles. The molecule has 0 radical (unpaired) electrons. The molecule has 2 rings (SSSR count). The molecule has 8 nitrogen and oxygen atoms in total. The smallest absolute Gasteiger partial charge is 0.331 e. The van der Waals surface area contributed by atoms with E-state index in [-0.39, 0.29) is 5.91 Å². The van der Waals surface area contributed by atoms with Gasteiger partial charge in [0.1, 0.15) is 0 Å². The number of aliphatic carboxylic acids is 1. The number of carboxylic acid groups (broad SMARTS) is 1. The van der Waals surface area contributed by atoms with Gasteiger partial charge in [0.25, 0.3) is 5.91 Å². The van der Waals surface area contributed by atoms with E-state index in [2.05, 4.69) is 29.4 Å². The summed E-state index contributed by atoms with van der Waals surface area (Å²) < 4.78 is 3.11. The third-order valence-electron chi connectivity index (χ3n) is 3.82. The van der Waals surface area contributed by atoms with Crippen LogP contribution in [0.5, 0.6) is 0 Å². The standard InChI is InChI=1S/C16H23N5O3/c1-10(2)8-20-11(3)13(7-17-20)14(22)19-12-6-18-21(9-12)16(4,5)15(23)24/h6-7,9-10H,8H2,1-5H3,(H,19,22)(H,23,24). The summed E-state index contributed by atoms with van der Waals surface area (Å²) in [6.45, 7) is 9.83. The molecule has 130 valence electrons. The molecule has 2 heterocycles. The van der Waals surface area contributed by atoms with Crippen molar-refractivity contribution in [3.05, 3.63) is 29.8 Å². The first-order valence-corrected chi connectivity index (χ1v) is 7.75. The maximum Gasteiger partial charge on any atom is 0.331 e. The SMILES string of the molecule is Cc1c(C(=O)Nc2cnn(C(C)(C)C(=O)O)c2)cnn1CC(C)C. The molecule has 0 aliphatic heterocycles. The van der Waals surface area contributed by atoms with Crippen molar-refractivity contribution in [1.82, 2.24) is 19.6 Å². The van der Waals surface area contributed by atoms with Crippen LogP contribution in [0.25, 0.3) is 0 Å². The van der Waals surface area contributed by atoms with Crippen molar-refractivity contribution in [2.45, 2.75) is 46.7 Å². The molecule has 0 saturated heterocycles. The summed E-state index contributed by atoms with van der Waals surface area (Å²) in [5, 5.41) is 20.2. The minimum atomic E-state index is -1.19. The first kappa shape index (κ1) is 17.7. The van der Waals surface area contributed by atoms with Gasteiger partial charge in [-0.2, -0.15) is 10.2 Å². The monoisotopic (exact) mass is 333 g/mol. The molecule has 0 spiro atoms. The number of carbonyl (C=O) groups excluding carboxylic acids is 1. The number of anilines is 1. The number of nitrogens with zero attached hydrogens (tertiary/aromatic N) is 4. The van der Waals surface area contributed by atoms with Crippen LogP contribution in [0.3, 0.4) is 0 Å². The van der Waals surface area contributed by atoms with Gasteiger partial charge in [-0.15, -0.1) is 0 Å². The van der Waals surface area contributed by atoms with E-state index < -0.39 is 11.5 Å². The fraction of sp³-hybridized carbons (Fsp3) is 0.500. The molecule has 2 aromatic rings. The predicted octanol–water partition coefficient (Wildman–Crippen LogP) is 2.12. The minimum Gasteiger partial charge on any atom is -0.479 e. The number of hydrogen-bond acceptors (Lipinski definition) is 4. The van der Waals surface area contributed by atoms with Crippen molar-refractivity contribution in [3.8, 4) is 0 Å². The third-order valence-corrected chi connectivity index (χ3v) is 3.82. The summed E-state index contributed by atoms with van der Waals surface area (Å²) in [7, 11) is 0. The van der Waals surface area contributed by atoms with Crippen molar-refractivity contribution in [2.24, 2.45) is 5.92 Å². The van der Waals surface area contributed by atoms with Gasteiger partial charge < -0.3 is 10.4 Å². The first-order valence-electron chi connectivity index (χ1n) is 7.75. The predicted molar refractivity (Wildman–Crippen MR) is 88.9 cm³/mol. The second kappa shape index (κ2) is 6.46. The summed E-state index contributed by atoms with van der Waals surface area (Å²) in [6, 6.07) is 0. The van der Waals surface area contributed by atoms with E-state index in [9.17, 15) is 14.7 Å². The fourth-order valence-electron chi connectivity index (χ4n) is 2.19. The Morgan fingerprint density at radius 2 is 1.96 bits per heavy atom. The number of nitrogens with one attached hydrogen (secondary N) is 1. The highest BCUT2D eigenvalue weighted by Crippen LogP contribution is 2.18. The van der Waals surface area contributed by atoms with Gasteiger partial charge in [0.2, 0.25) is 0 Å². The first-order chi connectivity index (χ1) is 11.1. The van der Waals surface area contributed by atoms with Gasteiger partial charge in [-0.3, -0.25) is 14.2 Å². The lowest BCUT2D eigenvalue weighted by atomic mass is 10.1. The van der Waals surface area contributed by atoms with Gasteiger partial charge in [0, 0.05) is 18.4 Å². The van der Waals surface area contributed by atoms with Crippen LogP contribution in [0.15, 0.2) is 18.6 Å². The van der Waals surface area contributed by atoms with E-state index in [0.717, 1.165) is 12.2 Å². The maximum absolute atomic E-state index is 12.4. The van der Waals surface area contributed by atoms with E-state index in [1.54, 1.807) is 10.9 Å². The zero-order valence-corrected chi connectivity index (χ0v) is 14.6. The van der Waals surface area contributed by atoms with Crippen LogP contribution in [-0.2, 0) is 16.9 Å². The summed E-state index contributed by atoms with van der Waals surface area (Å²) in [5.41, 5.74) is 0.520. The highest BCUT2D eigenvalue weighted by Gasteiger charge is 2.30. The van der Waals surface area contributed by atoms with Crippen molar-refractivity contribution in [2.75, 3.05) is 5.32 Å². The molecule has 0 unspecified atom stereocenters. The molecule has 0 aliphatic carbocycles. The Hall–Kier alpha value is -2.64. The van der Waals surface area contributed by atoms with Gasteiger partial charge in [0.15, 0.2) is 5.54 Å². The lowest BCUT2D eigenvalue weighted by Crippen LogP contribution is -2.35. The largest absolute Gasteiger partial charge is 0.479 e. The second-order valence-electron chi connectivity index (χ2n) is 6.71. The maximum atomic E-state index is 12.4. The Balaban J connectivity index is 2.15. The van der Waals surface area contributed by atoms with Crippen LogP contribution in [0.2, 0.25) is 0 Å². The van der Waals surface area contributed by atoms with Crippen LogP contribution in [0, 0.1) is 12.8 Å². The number of hydrogen-bond donors (Lipinski definition) is 2. The minimum absolute atomic E-state index is 0.296. The molecule has 0 atom stereocenters. The molecule has 2 aromatic heterocycles. The molecule has 0 saturated carbocycles. The van der Waals surface area contributed by atoms with Crippen LogP contribution in [-0.4, -0.2) is 36.5 Å². The summed E-state index contributed by atoms with van der Waals surface area (Å²) in [5.74, 6) is -0.875. The van der Waals surface area contributed by atoms with Crippen molar-refractivity contribution in [3.63, 3.8) is 0 Å². The number of aromatic nitrogens is 4. The number of carbonyl (C=O) groups is 2. The van der Waals surface area contributed by atoms with Gasteiger partial charge >= 0.3 is 5.97 Å². The van der Waals surface area contributed by atoms with Crippen molar-refractivity contribution in [1.29, 1.82) is 0 Å². The summed E-state index contributed by atoms with van der Waals surface area (Å²) in [4.78, 5) is 23.7. The number of rotatable bonds is 6. The van der Waals surface area contributed by atoms with Gasteiger partial charge in [-0.05, 0) is 26.7 Å². The Morgan fingerprint density at radius 3 is 2.54 bits per heavy atom. The van der Waals surface area contributed by atoms with Crippen LogP contribution in [0.4, 0.5) is 5.69 Å². The van der Waals surface area contributed by atoms with E-state index >= 15 is 0 Å². The zero-order chi connectivity index (χ0) is 18.1. The lowest BCUT2D eigenvalue weighted by Gasteiger charge is -2.19. The summed E-state index contributed by atoms with van der Waals surface area (Å²) >= 11 is 0. The van der Waals surface area contributed by atoms with E-state index in [0.29, 0.717) is 17.2 Å². The topological polar surface area (TPSA) is 102 Å². The molecule has 0 fully saturated rings. The Labute approximate surface area is 140 Å². The molecule has 0 aliphatic rings. The highest BCUT2D eigenvalue weighted by atomic mass is 16.4. The van der Waals surface area contributed by atoms with Crippen LogP contribution in [0.1, 0.15) is 43.7 Å². The molecule has 8 heteroatoms. The Morgan fingerprint density at radius 1 is 1.29 bits per heavy atom. The molecule has 2 N–H and O–H groups in total. The fourth-order valence-corrected chi connectivity index (χ4v) is 2.19. The number of amides is 1. The van der Waals surface area contributed by atoms with E-state index in [4.69, 9.17) is 0 Å². The van der Waals surface area contributed by atoms with E-state index in [1.807, 2.05) is 6.92 Å². The van der Waals surface area contributed by atoms with Crippen molar-refractivity contribution < 1.29 is 14.7 Å². The molecule has 0 bridgehead atoms. The summed E-state index contributed by atoms with van der Waals surface area (Å²) in [6.07, 6.45) is 4.47. The highest BCUT2D eigenvalue weighted by molar-refractivity contribution is 6.04. The average molecular weight is 333 g/mol. The van der Waals surface area contributed by atoms with Crippen molar-refractivity contribution >= 4 is 17.6 Å². The van der Waals surface area contributed by atoms with E-state index in [1.165, 1.54) is 30.9 Å². The zero-order valence-electron chi connectivity index (χ0n) is 14.6. The number of carboxylic acids is 1. The van der Waals surface area contributed by atoms with Gasteiger partial charge in [0.05, 0.1) is 23.6 Å². The third kappa shape index (κ3) is 3.47. The second-order valence-corrected chi connectivity index (χ2v) is 6.71. The Kier molecular flexibility index (Phi) is 4.77. The molecule has 24 heavy (non-hydrogen) atoms. The molecular weight excluding hydrogens is 310 g/mol. The lowest BCUT2D eigenvalue weighted by molar-refractivity contribution is -0.146. The quantitative estimate of drug-likeness (QED) is 0.843. The van der Waals surface area contributed by atoms with Crippen LogP contribution >= 0.6 is 0 Å². The Bertz CT molecular complexity index is 758. The average Bonchev–Trinajstić information content (AvgIpc) is 3.07. The van der Waals surface area contributed by atoms with Gasteiger partial charge in [-0.1, -0.05) is 13.8 Å². The molecule has 1 amide bonds. The normalized spacial score (nSPS) is 11.8. The van der Waals surface area contributed by atoms with Gasteiger partial charge in [-0.25, -0.2) is 4.79 Å². The van der Waals surface area contributed by atoms with Crippen LogP contribution < -0.4 is 5.32 Å². The molecular formula is C16H23N5O3.